The van der Waals surface area contributed by atoms with Gasteiger partial charge in [0, 0.05) is 193 Å². The van der Waals surface area contributed by atoms with Crippen LogP contribution in [0.5, 0.6) is 34.9 Å². The zero-order valence-corrected chi connectivity index (χ0v) is 87.2. The molecule has 695 valence electrons. The second-order valence-electron chi connectivity index (χ2n) is 38.5. The van der Waals surface area contributed by atoms with E-state index in [-0.39, 0.29) is 140 Å². The molecule has 0 saturated heterocycles. The van der Waals surface area contributed by atoms with E-state index in [1.807, 2.05) is 238 Å². The Hall–Kier alpha value is -9.88. The third-order valence-corrected chi connectivity index (χ3v) is 24.1. The second kappa shape index (κ2) is 49.0. The van der Waals surface area contributed by atoms with Crippen LogP contribution in [-0.4, -0.2) is 47.6 Å². The summed E-state index contributed by atoms with van der Waals surface area (Å²) in [6.07, 6.45) is 21.5. The summed E-state index contributed by atoms with van der Waals surface area (Å²) in [4.78, 5) is 48.4. The molecular weight excluding hydrogens is 2150 g/mol. The molecule has 14 rings (SSSR count). The first-order valence-electron chi connectivity index (χ1n) is 45.2. The largest absolute Gasteiger partial charge is 0.512 e. The van der Waals surface area contributed by atoms with Crippen LogP contribution in [0.4, 0.5) is 4.39 Å². The van der Waals surface area contributed by atoms with Crippen LogP contribution in [0.3, 0.4) is 0 Å². The van der Waals surface area contributed by atoms with Gasteiger partial charge in [0.05, 0.1) is 5.76 Å². The van der Waals surface area contributed by atoms with Crippen LogP contribution in [0.1, 0.15) is 246 Å². The molecule has 3 N–H and O–H groups in total. The van der Waals surface area contributed by atoms with E-state index in [0.717, 1.165) is 82.0 Å². The van der Waals surface area contributed by atoms with Gasteiger partial charge in [-0.25, -0.2) is 19.3 Å². The van der Waals surface area contributed by atoms with Crippen molar-refractivity contribution in [3.63, 3.8) is 0 Å². The summed E-state index contributed by atoms with van der Waals surface area (Å²) in [5.74, 6) is 4.93. The van der Waals surface area contributed by atoms with Gasteiger partial charge in [0.15, 0.2) is 17.3 Å². The number of pyridine rings is 3. The Labute approximate surface area is 813 Å². The summed E-state index contributed by atoms with van der Waals surface area (Å²) in [6, 6.07) is 75.7. The van der Waals surface area contributed by atoms with Crippen LogP contribution in [0.15, 0.2) is 254 Å². The van der Waals surface area contributed by atoms with Crippen molar-refractivity contribution in [2.75, 3.05) is 0 Å². The number of para-hydroxylation sites is 2. The van der Waals surface area contributed by atoms with Crippen LogP contribution >= 0.6 is 0 Å². The van der Waals surface area contributed by atoms with Gasteiger partial charge >= 0.3 is 0 Å². The van der Waals surface area contributed by atoms with Crippen molar-refractivity contribution in [2.24, 2.45) is 33.5 Å². The molecule has 3 aromatic heterocycles. The van der Waals surface area contributed by atoms with Crippen LogP contribution in [-0.2, 0) is 85.5 Å². The van der Waals surface area contributed by atoms with Crippen LogP contribution in [0, 0.1) is 57.5 Å². The van der Waals surface area contributed by atoms with Crippen LogP contribution < -0.4 is 14.2 Å². The number of carbonyl (C=O) groups excluding carboxylic acids is 3. The first kappa shape index (κ1) is 109. The maximum Gasteiger partial charge on any atom is 0.217 e. The predicted octanol–water partition coefficient (Wildman–Crippen LogP) is 32.2. The summed E-state index contributed by atoms with van der Waals surface area (Å²) >= 11 is 0. The molecule has 16 heteroatoms. The fourth-order valence-corrected chi connectivity index (χ4v) is 14.5. The third-order valence-electron chi connectivity index (χ3n) is 24.1. The molecule has 1 aliphatic carbocycles. The Bertz CT molecular complexity index is 5990. The van der Waals surface area contributed by atoms with Gasteiger partial charge in [-0.05, 0) is 140 Å². The van der Waals surface area contributed by atoms with E-state index >= 15 is 0 Å². The number of nitrogens with zero attached hydrogens (tertiary/aromatic N) is 3. The monoisotopic (exact) mass is 2290 g/mol. The van der Waals surface area contributed by atoms with Crippen molar-refractivity contribution >= 4 is 82.0 Å². The molecule has 1 fully saturated rings. The van der Waals surface area contributed by atoms with E-state index in [4.69, 9.17) is 14.2 Å². The molecule has 0 atom stereocenters. The minimum absolute atomic E-state index is 0. The number of ketones is 3. The first-order valence-corrected chi connectivity index (χ1v) is 45.2. The number of allylic oxidation sites excluding steroid dienone is 6. The standard InChI is InChI=1S/C27H28NO.C25H15FNO.C25H22NO.2C13H24O2.C11H20O2.3Ir/c1-26(2,3)20-8-7-9-22(14-20)29-25-16-24-19(17-28-25)11-10-18-12-13-21(15-23(18)24)27(4,5)6;26-23-14-13-20(17-7-3-1-4-8-17)25-21(23)12-11-18-16-27-24(15-22(18)25)28-19-9-5-2-6-10-19;1-3-7-18(8-4-1)20-13-11-19-12-14-21-17-26-25(16-24(21)23(19)15-20)27-22-9-5-2-6-10-22;1-7-12(3,4)10(14)9-11(15)13(5,6)8-2;1-5-10(6-2)12(14)9-13(15)11(7-3)8-4;1-10(2,3)8(12)7-9(13)11(4,5)6;;;/h7-8,10-17H,1-6H3;1-9,11-16H;2,5-6,9,11-18H,1,3-4,7-8H2;9,14H,7-8H2,1-6H3;9-11,14H,5-8H2,1-4H3;7,12H,1-6H3;;;/q3*-1;;;;;;. The van der Waals surface area contributed by atoms with E-state index in [2.05, 4.69) is 147 Å². The van der Waals surface area contributed by atoms with Gasteiger partial charge < -0.3 is 29.5 Å². The average molecular weight is 2280 g/mol. The van der Waals surface area contributed by atoms with Gasteiger partial charge in [0.1, 0.15) is 17.3 Å². The zero-order chi connectivity index (χ0) is 92.8. The van der Waals surface area contributed by atoms with Crippen molar-refractivity contribution < 1.29 is 109 Å². The number of halogens is 1. The normalized spacial score (nSPS) is 12.9. The molecule has 1 aliphatic rings. The number of hydrogen-bond donors (Lipinski definition) is 3. The Kier molecular flexibility index (Phi) is 41.1. The Balaban J connectivity index is 0.000000246. The number of aliphatic hydroxyl groups excluding tert-OH is 3. The molecule has 0 spiro atoms. The Morgan fingerprint density at radius 1 is 0.415 bits per heavy atom. The van der Waals surface area contributed by atoms with Crippen LogP contribution in [0.2, 0.25) is 0 Å². The molecule has 1 saturated carbocycles. The van der Waals surface area contributed by atoms with Gasteiger partial charge in [0.25, 0.3) is 0 Å². The maximum atomic E-state index is 14.6. The molecule has 0 unspecified atom stereocenters. The van der Waals surface area contributed by atoms with Crippen molar-refractivity contribution in [1.82, 2.24) is 15.0 Å². The number of aromatic nitrogens is 3. The molecule has 0 aliphatic heterocycles. The molecule has 13 aromatic rings. The van der Waals surface area contributed by atoms with Gasteiger partial charge in [-0.2, -0.15) is 48.5 Å². The maximum absolute atomic E-state index is 14.6. The third kappa shape index (κ3) is 30.3. The number of rotatable bonds is 21. The average Bonchev–Trinajstić information content (AvgIpc) is 0.746. The summed E-state index contributed by atoms with van der Waals surface area (Å²) in [5.41, 5.74) is 4.74. The SMILES string of the molecule is CC(C)(C)C(=O)C=C(O)C(C)(C)C.CC(C)(C)c1cc[c-]c(Oc2cc3c(ccc4ccc(C(C)(C)C)cc43)cn2)c1.CCC(C)(C)C(=O)C=C(O)C(C)(C)CC.CCC(CC)C(=O)C=C(O)C(CC)CC.Fc1ccc(-c2ccccc2)c2c1ccc1cnc(Oc3[c-]cccc3)cc12.[Ir].[Ir].[Ir].[c-]1ccccc1Oc1cc2c(ccc3ccc(C4CCCCC4)cc32)cn1. The number of fused-ring (bicyclic) bond motifs is 9. The van der Waals surface area contributed by atoms with Gasteiger partial charge in [-0.3, -0.25) is 14.4 Å². The van der Waals surface area contributed by atoms with Crippen molar-refractivity contribution in [3.8, 4) is 46.0 Å². The Morgan fingerprint density at radius 2 is 0.854 bits per heavy atom. The number of hydrogen-bond acceptors (Lipinski definition) is 12. The second-order valence-corrected chi connectivity index (χ2v) is 38.5. The minimum Gasteiger partial charge on any atom is -0.512 e. The molecule has 12 nitrogen and oxygen atoms in total. The van der Waals surface area contributed by atoms with Crippen molar-refractivity contribution in [2.45, 2.75) is 240 Å². The number of aliphatic hydroxyl groups is 3. The van der Waals surface area contributed by atoms with E-state index < -0.39 is 5.41 Å². The van der Waals surface area contributed by atoms with Gasteiger partial charge in [-0.15, -0.1) is 42.0 Å². The van der Waals surface area contributed by atoms with Gasteiger partial charge in [-0.1, -0.05) is 275 Å². The van der Waals surface area contributed by atoms with Crippen LogP contribution in [0.25, 0.3) is 75.8 Å². The molecular formula is C114H133FIr3N3O9-3. The topological polar surface area (TPSA) is 178 Å². The van der Waals surface area contributed by atoms with E-state index in [0.29, 0.717) is 46.2 Å². The molecule has 0 bridgehead atoms. The molecule has 0 amide bonds. The van der Waals surface area contributed by atoms with E-state index in [1.165, 1.54) is 100 Å². The smallest absolute Gasteiger partial charge is 0.217 e. The molecule has 10 aromatic carbocycles. The number of benzene rings is 10. The molecule has 3 heterocycles. The number of carbonyl (C=O) groups is 3. The molecule has 3 radical (unpaired) electrons. The van der Waals surface area contributed by atoms with E-state index in [1.54, 1.807) is 12.3 Å². The minimum atomic E-state index is -0.417. The van der Waals surface area contributed by atoms with E-state index in [9.17, 15) is 34.1 Å². The predicted molar refractivity (Wildman–Crippen MR) is 525 cm³/mol. The zero-order valence-electron chi connectivity index (χ0n) is 80.0. The van der Waals surface area contributed by atoms with Gasteiger partial charge in [0.2, 0.25) is 17.6 Å². The fraction of sp³-hybridized carbons (Fsp3) is 0.368. The summed E-state index contributed by atoms with van der Waals surface area (Å²) in [7, 11) is 0. The quantitative estimate of drug-likeness (QED) is 0.0269. The molecule has 130 heavy (non-hydrogen) atoms. The summed E-state index contributed by atoms with van der Waals surface area (Å²) in [6.45, 7) is 44.2. The summed E-state index contributed by atoms with van der Waals surface area (Å²) < 4.78 is 32.5. The van der Waals surface area contributed by atoms with Crippen molar-refractivity contribution in [1.29, 1.82) is 0 Å². The summed E-state index contributed by atoms with van der Waals surface area (Å²) in [5, 5.41) is 42.1. The fourth-order valence-electron chi connectivity index (χ4n) is 14.5. The first-order chi connectivity index (χ1) is 60.1. The Morgan fingerprint density at radius 3 is 1.34 bits per heavy atom. The van der Waals surface area contributed by atoms with Crippen molar-refractivity contribution in [3.05, 3.63) is 295 Å². The number of ether oxygens (including phenoxy) is 3.